The van der Waals surface area contributed by atoms with Gasteiger partial charge in [-0.05, 0) is 25.0 Å². The normalized spacial score (nSPS) is 15.6. The minimum absolute atomic E-state index is 0. The van der Waals surface area contributed by atoms with Crippen molar-refractivity contribution in [1.82, 2.24) is 29.7 Å². The number of hydrogen-bond acceptors (Lipinski definition) is 16. The molecule has 2 aromatic heterocycles. The molecule has 0 aliphatic carbocycles. The Kier molecular flexibility index (Phi) is 23.2. The van der Waals surface area contributed by atoms with E-state index < -0.39 is 20.2 Å². The molecular formula is C32H42N6Na2O12S2. The molecule has 2 N–H and O–H groups in total. The molecule has 2 unspecified atom stereocenters. The standard InChI is InChI=1S/2C16H21N3O4.2Na.H2O4S2/c2*1-21-14-10-13-12(16(20)18-11-17-13)9-15(14)23-6-2-3-19-4-7-22-8-5-19;;;1-5(2)6(3)4/h2*9-11H,2-8H2,1H3,(H,17,18,20);;;(H,1,2)(H,3,4)/q;;2*+1;/p-2. The van der Waals surface area contributed by atoms with Crippen molar-refractivity contribution in [3.63, 3.8) is 0 Å². The monoisotopic (exact) mass is 812 g/mol. The van der Waals surface area contributed by atoms with E-state index in [1.54, 1.807) is 38.5 Å². The molecule has 54 heavy (non-hydrogen) atoms. The molecule has 0 radical (unpaired) electrons. The van der Waals surface area contributed by atoms with Gasteiger partial charge in [-0.3, -0.25) is 27.8 Å². The molecule has 0 spiro atoms. The maximum atomic E-state index is 11.9. The summed E-state index contributed by atoms with van der Waals surface area (Å²) >= 11 is 0. The summed E-state index contributed by atoms with van der Waals surface area (Å²) in [6.07, 6.45) is 4.58. The Bertz CT molecular complexity index is 1760. The molecule has 0 amide bonds. The smallest absolute Gasteiger partial charge is 0.763 e. The van der Waals surface area contributed by atoms with Gasteiger partial charge in [0.1, 0.15) is 0 Å². The van der Waals surface area contributed by atoms with Gasteiger partial charge in [0.25, 0.3) is 11.1 Å². The topological polar surface area (TPSA) is 234 Å². The number of nitrogens with one attached hydrogen (secondary N) is 2. The van der Waals surface area contributed by atoms with Gasteiger partial charge in [0, 0.05) is 71.6 Å². The quantitative estimate of drug-likeness (QED) is 0.0556. The van der Waals surface area contributed by atoms with Gasteiger partial charge in [0.15, 0.2) is 23.0 Å². The molecule has 18 nitrogen and oxygen atoms in total. The minimum atomic E-state index is -2.95. The Morgan fingerprint density at radius 2 is 1.04 bits per heavy atom. The summed E-state index contributed by atoms with van der Waals surface area (Å²) < 4.78 is 69.3. The summed E-state index contributed by atoms with van der Waals surface area (Å²) in [5.41, 5.74) is 0.809. The molecule has 2 atom stereocenters. The third-order valence-corrected chi connectivity index (χ3v) is 8.81. The van der Waals surface area contributed by atoms with Crippen LogP contribution in [0.15, 0.2) is 46.5 Å². The van der Waals surface area contributed by atoms with Crippen LogP contribution < -0.4 is 89.2 Å². The first-order valence-electron chi connectivity index (χ1n) is 16.4. The third-order valence-electron chi connectivity index (χ3n) is 7.92. The number of aromatic nitrogens is 4. The van der Waals surface area contributed by atoms with Crippen LogP contribution in [0, 0.1) is 0 Å². The number of benzene rings is 2. The van der Waals surface area contributed by atoms with E-state index in [-0.39, 0.29) is 70.2 Å². The van der Waals surface area contributed by atoms with Crippen molar-refractivity contribution in [3.05, 3.63) is 57.6 Å². The molecule has 6 rings (SSSR count). The molecule has 2 aliphatic rings. The Balaban J connectivity index is 0.000000315. The summed E-state index contributed by atoms with van der Waals surface area (Å²) in [5, 5.41) is 0.993. The van der Waals surface area contributed by atoms with Crippen molar-refractivity contribution in [2.45, 2.75) is 12.8 Å². The molecular weight excluding hydrogens is 770 g/mol. The number of methoxy groups -OCH3 is 2. The first kappa shape index (κ1) is 48.1. The van der Waals surface area contributed by atoms with Gasteiger partial charge in [0.05, 0.1) is 88.3 Å². The molecule has 286 valence electrons. The second-order valence-electron chi connectivity index (χ2n) is 11.2. The Labute approximate surface area is 360 Å². The van der Waals surface area contributed by atoms with Crippen LogP contribution in [0.25, 0.3) is 21.8 Å². The SMILES string of the molecule is COc1cc2nc[nH]c(=O)c2cc1OCCCN1CCOCC1.COc1cc2nc[nH]c(=O)c2cc1OCCCN1CCOCC1.O=S([O-])S(=O)[O-].[Na+].[Na+]. The molecule has 2 aromatic carbocycles. The van der Waals surface area contributed by atoms with Gasteiger partial charge < -0.3 is 47.5 Å². The number of fused-ring (bicyclic) bond motifs is 2. The molecule has 22 heteroatoms. The molecule has 2 aliphatic heterocycles. The fourth-order valence-corrected chi connectivity index (χ4v) is 5.29. The molecule has 0 saturated carbocycles. The van der Waals surface area contributed by atoms with Crippen LogP contribution in [-0.4, -0.2) is 140 Å². The van der Waals surface area contributed by atoms with E-state index in [1.165, 1.54) is 12.7 Å². The summed E-state index contributed by atoms with van der Waals surface area (Å²) in [7, 11) is -2.74. The molecule has 4 heterocycles. The summed E-state index contributed by atoms with van der Waals surface area (Å²) in [5.74, 6) is 2.31. The summed E-state index contributed by atoms with van der Waals surface area (Å²) in [4.78, 5) is 41.8. The predicted octanol–water partition coefficient (Wildman–Crippen LogP) is -5.27. The van der Waals surface area contributed by atoms with Crippen LogP contribution in [0.2, 0.25) is 0 Å². The van der Waals surface area contributed by atoms with Crippen molar-refractivity contribution in [1.29, 1.82) is 0 Å². The zero-order valence-electron chi connectivity index (χ0n) is 30.9. The van der Waals surface area contributed by atoms with Gasteiger partial charge in [-0.1, -0.05) is 0 Å². The second-order valence-corrected chi connectivity index (χ2v) is 13.7. The van der Waals surface area contributed by atoms with Crippen molar-refractivity contribution in [2.75, 3.05) is 93.1 Å². The van der Waals surface area contributed by atoms with Crippen LogP contribution in [-0.2, 0) is 29.7 Å². The van der Waals surface area contributed by atoms with Crippen LogP contribution in [0.3, 0.4) is 0 Å². The van der Waals surface area contributed by atoms with Gasteiger partial charge in [-0.25, -0.2) is 9.97 Å². The minimum Gasteiger partial charge on any atom is -0.763 e. The van der Waals surface area contributed by atoms with Crippen molar-refractivity contribution in [3.8, 4) is 23.0 Å². The summed E-state index contributed by atoms with van der Waals surface area (Å²) in [6.45, 7) is 10.2. The maximum absolute atomic E-state index is 11.9. The van der Waals surface area contributed by atoms with Gasteiger partial charge in [-0.15, -0.1) is 0 Å². The molecule has 0 bridgehead atoms. The predicted molar refractivity (Wildman–Crippen MR) is 190 cm³/mol. The van der Waals surface area contributed by atoms with Crippen molar-refractivity contribution < 1.29 is 105 Å². The number of H-pyrrole nitrogens is 2. The van der Waals surface area contributed by atoms with E-state index in [0.717, 1.165) is 78.5 Å². The average molecular weight is 813 g/mol. The van der Waals surface area contributed by atoms with Crippen LogP contribution >= 0.6 is 0 Å². The Morgan fingerprint density at radius 1 is 0.667 bits per heavy atom. The van der Waals surface area contributed by atoms with E-state index in [0.29, 0.717) is 58.0 Å². The van der Waals surface area contributed by atoms with Crippen LogP contribution in [0.4, 0.5) is 0 Å². The van der Waals surface area contributed by atoms with E-state index in [1.807, 2.05) is 0 Å². The van der Waals surface area contributed by atoms with E-state index in [9.17, 15) is 9.59 Å². The van der Waals surface area contributed by atoms with E-state index >= 15 is 0 Å². The first-order valence-corrected chi connectivity index (χ1v) is 19.0. The summed E-state index contributed by atoms with van der Waals surface area (Å²) in [6, 6.07) is 6.83. The zero-order chi connectivity index (χ0) is 37.3. The fourth-order valence-electron chi connectivity index (χ4n) is 5.29. The number of hydrogen-bond donors (Lipinski definition) is 2. The molecule has 4 aromatic rings. The van der Waals surface area contributed by atoms with Gasteiger partial charge in [-0.2, -0.15) is 0 Å². The van der Waals surface area contributed by atoms with Crippen LogP contribution in [0.5, 0.6) is 23.0 Å². The Morgan fingerprint density at radius 3 is 1.37 bits per heavy atom. The fraction of sp³-hybridized carbons (Fsp3) is 0.500. The van der Waals surface area contributed by atoms with E-state index in [4.69, 9.17) is 45.9 Å². The van der Waals surface area contributed by atoms with Gasteiger partial charge >= 0.3 is 59.1 Å². The number of morpholine rings is 2. The average Bonchev–Trinajstić information content (AvgIpc) is 3.16. The number of ether oxygens (including phenoxy) is 6. The second kappa shape index (κ2) is 26.0. The maximum Gasteiger partial charge on any atom is 1.00 e. The Hall–Kier alpha value is -2.02. The first-order chi connectivity index (χ1) is 25.2. The molecule has 2 saturated heterocycles. The number of rotatable bonds is 13. The number of nitrogens with zero attached hydrogens (tertiary/aromatic N) is 4. The van der Waals surface area contributed by atoms with Gasteiger partial charge in [0.2, 0.25) is 0 Å². The van der Waals surface area contributed by atoms with E-state index in [2.05, 4.69) is 29.7 Å². The molecule has 2 fully saturated rings. The largest absolute Gasteiger partial charge is 1.00 e. The van der Waals surface area contributed by atoms with Crippen LogP contribution in [0.1, 0.15) is 12.8 Å². The van der Waals surface area contributed by atoms with Crippen molar-refractivity contribution in [2.24, 2.45) is 0 Å². The number of aromatic amines is 2. The zero-order valence-corrected chi connectivity index (χ0v) is 36.5. The van der Waals surface area contributed by atoms with Crippen molar-refractivity contribution >= 4 is 42.0 Å². The third kappa shape index (κ3) is 15.5.